The number of hydrogen-bond donors (Lipinski definition) is 1. The van der Waals surface area contributed by atoms with Gasteiger partial charge in [-0.15, -0.1) is 11.3 Å². The summed E-state index contributed by atoms with van der Waals surface area (Å²) in [5.74, 6) is -0.217. The van der Waals surface area contributed by atoms with Crippen LogP contribution in [0.4, 0.5) is 4.39 Å². The number of rotatable bonds is 1. The van der Waals surface area contributed by atoms with Gasteiger partial charge in [0.25, 0.3) is 0 Å². The van der Waals surface area contributed by atoms with Crippen LogP contribution >= 0.6 is 23.6 Å². The lowest BCUT2D eigenvalue weighted by Crippen LogP contribution is -1.78. The maximum absolute atomic E-state index is 12.7. The quantitative estimate of drug-likeness (QED) is 0.727. The van der Waals surface area contributed by atoms with Crippen LogP contribution in [-0.4, -0.2) is 4.98 Å². The van der Waals surface area contributed by atoms with Crippen molar-refractivity contribution >= 4 is 23.6 Å². The fraction of sp³-hybridized carbons (Fsp3) is 0.100. The molecule has 14 heavy (non-hydrogen) atoms. The van der Waals surface area contributed by atoms with Crippen LogP contribution in [0.1, 0.15) is 5.69 Å². The molecule has 1 aromatic heterocycles. The Labute approximate surface area is 90.2 Å². The Kier molecular flexibility index (Phi) is 2.48. The lowest BCUT2D eigenvalue weighted by molar-refractivity contribution is 0.628. The van der Waals surface area contributed by atoms with Gasteiger partial charge in [0, 0.05) is 5.69 Å². The Morgan fingerprint density at radius 2 is 1.93 bits per heavy atom. The second-order valence-corrected chi connectivity index (χ2v) is 4.66. The third kappa shape index (κ3) is 1.76. The summed E-state index contributed by atoms with van der Waals surface area (Å²) < 4.78 is 13.4. The highest BCUT2D eigenvalue weighted by Gasteiger charge is 2.04. The first-order valence-electron chi connectivity index (χ1n) is 4.12. The minimum absolute atomic E-state index is 0.217. The molecule has 0 atom stereocenters. The second-order valence-electron chi connectivity index (χ2n) is 2.98. The lowest BCUT2D eigenvalue weighted by atomic mass is 10.1. The Balaban J connectivity index is 2.54. The van der Waals surface area contributed by atoms with Crippen molar-refractivity contribution in [1.29, 1.82) is 0 Å². The topological polar surface area (TPSA) is 15.8 Å². The SMILES string of the molecule is Cc1[nH]c(=S)sc1-c1ccc(F)cc1. The molecule has 2 aromatic rings. The van der Waals surface area contributed by atoms with Crippen LogP contribution in [0.5, 0.6) is 0 Å². The first-order valence-corrected chi connectivity index (χ1v) is 5.35. The summed E-state index contributed by atoms with van der Waals surface area (Å²) in [5, 5.41) is 0. The fourth-order valence-corrected chi connectivity index (χ4v) is 2.53. The van der Waals surface area contributed by atoms with Crippen LogP contribution < -0.4 is 0 Å². The number of halogens is 1. The van der Waals surface area contributed by atoms with E-state index in [4.69, 9.17) is 12.2 Å². The highest BCUT2D eigenvalue weighted by molar-refractivity contribution is 7.73. The van der Waals surface area contributed by atoms with Gasteiger partial charge in [-0.2, -0.15) is 0 Å². The van der Waals surface area contributed by atoms with Gasteiger partial charge < -0.3 is 4.98 Å². The summed E-state index contributed by atoms with van der Waals surface area (Å²) in [4.78, 5) is 4.14. The van der Waals surface area contributed by atoms with E-state index in [1.807, 2.05) is 6.92 Å². The molecule has 4 heteroatoms. The van der Waals surface area contributed by atoms with Gasteiger partial charge in [-0.25, -0.2) is 4.39 Å². The average Bonchev–Trinajstić information content (AvgIpc) is 2.47. The predicted octanol–water partition coefficient (Wildman–Crippen LogP) is 3.92. The number of thiazole rings is 1. The van der Waals surface area contributed by atoms with Crippen molar-refractivity contribution in [2.45, 2.75) is 6.92 Å². The molecule has 0 bridgehead atoms. The number of benzene rings is 1. The molecular formula is C10H8FNS2. The van der Waals surface area contributed by atoms with Crippen LogP contribution in [0.2, 0.25) is 0 Å². The molecule has 1 N–H and O–H groups in total. The zero-order valence-corrected chi connectivity index (χ0v) is 9.14. The minimum Gasteiger partial charge on any atom is -0.341 e. The number of hydrogen-bond acceptors (Lipinski definition) is 2. The number of H-pyrrole nitrogens is 1. The molecule has 1 nitrogen and oxygen atoms in total. The highest BCUT2D eigenvalue weighted by Crippen LogP contribution is 2.27. The zero-order valence-electron chi connectivity index (χ0n) is 7.50. The normalized spacial score (nSPS) is 10.4. The van der Waals surface area contributed by atoms with Gasteiger partial charge in [-0.05, 0) is 36.8 Å². The largest absolute Gasteiger partial charge is 0.341 e. The summed E-state index contributed by atoms with van der Waals surface area (Å²) in [6, 6.07) is 6.43. The summed E-state index contributed by atoms with van der Waals surface area (Å²) in [6.45, 7) is 1.96. The monoisotopic (exact) mass is 225 g/mol. The minimum atomic E-state index is -0.217. The number of aromatic amines is 1. The van der Waals surface area contributed by atoms with Crippen LogP contribution in [0, 0.1) is 16.7 Å². The van der Waals surface area contributed by atoms with Crippen molar-refractivity contribution in [2.75, 3.05) is 0 Å². The molecule has 0 amide bonds. The molecule has 1 aromatic carbocycles. The van der Waals surface area contributed by atoms with E-state index >= 15 is 0 Å². The van der Waals surface area contributed by atoms with Crippen molar-refractivity contribution in [3.05, 3.63) is 39.7 Å². The van der Waals surface area contributed by atoms with Crippen molar-refractivity contribution < 1.29 is 4.39 Å². The van der Waals surface area contributed by atoms with E-state index in [9.17, 15) is 4.39 Å². The molecule has 0 aliphatic rings. The van der Waals surface area contributed by atoms with E-state index in [0.29, 0.717) is 0 Å². The molecule has 1 heterocycles. The summed E-state index contributed by atoms with van der Waals surface area (Å²) >= 11 is 6.55. The lowest BCUT2D eigenvalue weighted by Gasteiger charge is -1.97. The van der Waals surface area contributed by atoms with E-state index in [1.54, 1.807) is 12.1 Å². The standard InChI is InChI=1S/C10H8FNS2/c1-6-9(14-10(13)12-6)7-2-4-8(11)5-3-7/h2-5H,1H3,(H,12,13). The third-order valence-corrected chi connectivity index (χ3v) is 3.32. The molecule has 2 rings (SSSR count). The molecule has 72 valence electrons. The smallest absolute Gasteiger partial charge is 0.159 e. The van der Waals surface area contributed by atoms with Crippen molar-refractivity contribution in [2.24, 2.45) is 0 Å². The highest BCUT2D eigenvalue weighted by atomic mass is 32.1. The van der Waals surface area contributed by atoms with Gasteiger partial charge in [0.15, 0.2) is 3.95 Å². The molecular weight excluding hydrogens is 217 g/mol. The summed E-state index contributed by atoms with van der Waals surface area (Å²) in [5.41, 5.74) is 2.04. The molecule has 0 aliphatic carbocycles. The van der Waals surface area contributed by atoms with E-state index in [0.717, 1.165) is 20.1 Å². The zero-order chi connectivity index (χ0) is 10.1. The van der Waals surface area contributed by atoms with Crippen LogP contribution in [0.15, 0.2) is 24.3 Å². The number of nitrogens with one attached hydrogen (secondary N) is 1. The average molecular weight is 225 g/mol. The van der Waals surface area contributed by atoms with E-state index in [-0.39, 0.29) is 5.82 Å². The molecule has 0 aliphatic heterocycles. The molecule has 0 unspecified atom stereocenters. The second kappa shape index (κ2) is 3.63. The first-order chi connectivity index (χ1) is 6.66. The molecule has 0 radical (unpaired) electrons. The molecule has 0 saturated carbocycles. The first kappa shape index (κ1) is 9.55. The molecule has 0 fully saturated rings. The van der Waals surface area contributed by atoms with Gasteiger partial charge >= 0.3 is 0 Å². The van der Waals surface area contributed by atoms with Crippen LogP contribution in [-0.2, 0) is 0 Å². The molecule has 0 saturated heterocycles. The number of aryl methyl sites for hydroxylation is 1. The maximum Gasteiger partial charge on any atom is 0.159 e. The molecule has 0 spiro atoms. The fourth-order valence-electron chi connectivity index (χ4n) is 1.28. The summed E-state index contributed by atoms with van der Waals surface area (Å²) in [6.07, 6.45) is 0. The third-order valence-electron chi connectivity index (χ3n) is 1.93. The van der Waals surface area contributed by atoms with Crippen LogP contribution in [0.25, 0.3) is 10.4 Å². The van der Waals surface area contributed by atoms with E-state index in [2.05, 4.69) is 4.98 Å². The van der Waals surface area contributed by atoms with Crippen LogP contribution in [0.3, 0.4) is 0 Å². The van der Waals surface area contributed by atoms with Gasteiger partial charge in [-0.3, -0.25) is 0 Å². The van der Waals surface area contributed by atoms with Gasteiger partial charge in [-0.1, -0.05) is 12.1 Å². The predicted molar refractivity (Wildman–Crippen MR) is 59.6 cm³/mol. The summed E-state index contributed by atoms with van der Waals surface area (Å²) in [7, 11) is 0. The van der Waals surface area contributed by atoms with Crippen molar-refractivity contribution in [1.82, 2.24) is 4.98 Å². The van der Waals surface area contributed by atoms with Gasteiger partial charge in [0.1, 0.15) is 5.82 Å². The Morgan fingerprint density at radius 3 is 2.43 bits per heavy atom. The van der Waals surface area contributed by atoms with Crippen molar-refractivity contribution in [3.8, 4) is 10.4 Å². The van der Waals surface area contributed by atoms with Gasteiger partial charge in [0.05, 0.1) is 4.88 Å². The maximum atomic E-state index is 12.7. The Hall–Kier alpha value is -1.00. The Morgan fingerprint density at radius 1 is 1.29 bits per heavy atom. The number of aromatic nitrogens is 1. The van der Waals surface area contributed by atoms with E-state index in [1.165, 1.54) is 23.5 Å². The van der Waals surface area contributed by atoms with E-state index < -0.39 is 0 Å². The Bertz CT molecular complexity index is 496. The van der Waals surface area contributed by atoms with Gasteiger partial charge in [0.2, 0.25) is 0 Å². The van der Waals surface area contributed by atoms with Crippen molar-refractivity contribution in [3.63, 3.8) is 0 Å².